The standard InChI is InChI=1S/C20H27NO6/c1-18(2,3)16-21-15(22)10-19(24,20(21,13-27-16)17(23)25-4)12-26-11-14-8-6-5-7-9-14/h5-9,16,24H,10-13H2,1-4H3/t16-,19+,20+/m1/s1. The van der Waals surface area contributed by atoms with Crippen LogP contribution in [0.5, 0.6) is 0 Å². The molecule has 0 bridgehead atoms. The number of aliphatic hydroxyl groups is 1. The summed E-state index contributed by atoms with van der Waals surface area (Å²) in [5, 5.41) is 11.4. The molecular weight excluding hydrogens is 350 g/mol. The molecule has 7 nitrogen and oxygen atoms in total. The Hall–Kier alpha value is -1.96. The van der Waals surface area contributed by atoms with Gasteiger partial charge < -0.3 is 19.3 Å². The number of hydrogen-bond acceptors (Lipinski definition) is 6. The number of carbonyl (C=O) groups excluding carboxylic acids is 2. The lowest BCUT2D eigenvalue weighted by molar-refractivity contribution is -0.174. The van der Waals surface area contributed by atoms with Gasteiger partial charge in [0.05, 0.1) is 33.4 Å². The predicted octanol–water partition coefficient (Wildman–Crippen LogP) is 1.48. The van der Waals surface area contributed by atoms with Gasteiger partial charge in [-0.3, -0.25) is 9.69 Å². The quantitative estimate of drug-likeness (QED) is 0.783. The van der Waals surface area contributed by atoms with Crippen molar-refractivity contribution in [3.05, 3.63) is 35.9 Å². The molecule has 3 atom stereocenters. The van der Waals surface area contributed by atoms with E-state index >= 15 is 0 Å². The maximum Gasteiger partial charge on any atom is 0.337 e. The number of benzene rings is 1. The van der Waals surface area contributed by atoms with E-state index in [1.165, 1.54) is 12.0 Å². The van der Waals surface area contributed by atoms with Crippen LogP contribution in [0.1, 0.15) is 32.8 Å². The lowest BCUT2D eigenvalue weighted by Gasteiger charge is -2.40. The topological polar surface area (TPSA) is 85.3 Å². The SMILES string of the molecule is COC(=O)[C@]12CO[C@H](C(C)(C)C)N1C(=O)C[C@]2(O)COCc1ccccc1. The second-order valence-electron chi connectivity index (χ2n) is 8.33. The van der Waals surface area contributed by atoms with Crippen molar-refractivity contribution in [1.29, 1.82) is 0 Å². The number of hydrogen-bond donors (Lipinski definition) is 1. The molecule has 148 valence electrons. The number of rotatable bonds is 5. The van der Waals surface area contributed by atoms with Crippen LogP contribution in [0.2, 0.25) is 0 Å². The van der Waals surface area contributed by atoms with E-state index in [1.54, 1.807) is 0 Å². The summed E-state index contributed by atoms with van der Waals surface area (Å²) in [6.45, 7) is 5.71. The number of nitrogens with zero attached hydrogens (tertiary/aromatic N) is 1. The van der Waals surface area contributed by atoms with E-state index in [4.69, 9.17) is 14.2 Å². The van der Waals surface area contributed by atoms with Crippen molar-refractivity contribution in [2.75, 3.05) is 20.3 Å². The highest BCUT2D eigenvalue weighted by Gasteiger charge is 2.73. The summed E-state index contributed by atoms with van der Waals surface area (Å²) in [7, 11) is 1.24. The molecule has 1 aromatic carbocycles. The van der Waals surface area contributed by atoms with Gasteiger partial charge in [-0.05, 0) is 5.56 Å². The lowest BCUT2D eigenvalue weighted by atomic mass is 9.81. The minimum absolute atomic E-state index is 0.126. The fraction of sp³-hybridized carbons (Fsp3) is 0.600. The molecule has 7 heteroatoms. The Morgan fingerprint density at radius 3 is 2.59 bits per heavy atom. The summed E-state index contributed by atoms with van der Waals surface area (Å²) < 4.78 is 16.5. The molecule has 1 N–H and O–H groups in total. The zero-order valence-electron chi connectivity index (χ0n) is 16.2. The van der Waals surface area contributed by atoms with Crippen molar-refractivity contribution >= 4 is 11.9 Å². The van der Waals surface area contributed by atoms with E-state index in [0.717, 1.165) is 5.56 Å². The Morgan fingerprint density at radius 1 is 1.33 bits per heavy atom. The fourth-order valence-corrected chi connectivity index (χ4v) is 3.96. The number of carbonyl (C=O) groups is 2. The van der Waals surface area contributed by atoms with Crippen LogP contribution >= 0.6 is 0 Å². The van der Waals surface area contributed by atoms with Crippen molar-refractivity contribution in [2.45, 2.75) is 51.2 Å². The molecule has 0 unspecified atom stereocenters. The molecule has 2 aliphatic rings. The van der Waals surface area contributed by atoms with Crippen LogP contribution in [0.25, 0.3) is 0 Å². The van der Waals surface area contributed by atoms with Gasteiger partial charge in [-0.2, -0.15) is 0 Å². The first-order valence-corrected chi connectivity index (χ1v) is 9.02. The predicted molar refractivity (Wildman–Crippen MR) is 96.5 cm³/mol. The molecule has 1 amide bonds. The molecule has 1 aromatic rings. The molecule has 2 heterocycles. The zero-order chi connectivity index (χ0) is 19.9. The molecule has 0 saturated carbocycles. The van der Waals surface area contributed by atoms with Gasteiger partial charge in [0.2, 0.25) is 5.91 Å². The largest absolute Gasteiger partial charge is 0.467 e. The Morgan fingerprint density at radius 2 is 2.00 bits per heavy atom. The highest BCUT2D eigenvalue weighted by molar-refractivity contribution is 5.95. The summed E-state index contributed by atoms with van der Waals surface area (Å²) in [6, 6.07) is 9.49. The first kappa shape index (κ1) is 19.8. The van der Waals surface area contributed by atoms with Crippen molar-refractivity contribution in [3.8, 4) is 0 Å². The smallest absolute Gasteiger partial charge is 0.337 e. The van der Waals surface area contributed by atoms with E-state index in [-0.39, 0.29) is 32.1 Å². The minimum atomic E-state index is -1.73. The molecule has 0 spiro atoms. The van der Waals surface area contributed by atoms with E-state index < -0.39 is 28.8 Å². The third kappa shape index (κ3) is 3.13. The normalized spacial score (nSPS) is 30.5. The molecule has 3 rings (SSSR count). The molecular formula is C20H27NO6. The van der Waals surface area contributed by atoms with Gasteiger partial charge in [-0.1, -0.05) is 51.1 Å². The van der Waals surface area contributed by atoms with Gasteiger partial charge in [0.15, 0.2) is 5.54 Å². The zero-order valence-corrected chi connectivity index (χ0v) is 16.2. The summed E-state index contributed by atoms with van der Waals surface area (Å²) in [6.07, 6.45) is -0.848. The maximum absolute atomic E-state index is 12.8. The molecule has 27 heavy (non-hydrogen) atoms. The number of fused-ring (bicyclic) bond motifs is 1. The summed E-state index contributed by atoms with van der Waals surface area (Å²) >= 11 is 0. The van der Waals surface area contributed by atoms with Crippen LogP contribution in [0.3, 0.4) is 0 Å². The third-order valence-electron chi connectivity index (χ3n) is 5.29. The van der Waals surface area contributed by atoms with Crippen LogP contribution < -0.4 is 0 Å². The van der Waals surface area contributed by atoms with Crippen molar-refractivity contribution in [2.24, 2.45) is 5.41 Å². The molecule has 0 aliphatic carbocycles. The summed E-state index contributed by atoms with van der Waals surface area (Å²) in [4.78, 5) is 26.9. The van der Waals surface area contributed by atoms with Gasteiger partial charge in [0.25, 0.3) is 0 Å². The highest BCUT2D eigenvalue weighted by atomic mass is 16.6. The average molecular weight is 377 g/mol. The Kier molecular flexibility index (Phi) is 5.05. The maximum atomic E-state index is 12.8. The van der Waals surface area contributed by atoms with E-state index in [2.05, 4.69) is 0 Å². The van der Waals surface area contributed by atoms with Gasteiger partial charge in [-0.25, -0.2) is 4.79 Å². The van der Waals surface area contributed by atoms with Crippen LogP contribution in [-0.2, 0) is 30.4 Å². The van der Waals surface area contributed by atoms with Gasteiger partial charge >= 0.3 is 5.97 Å². The first-order chi connectivity index (χ1) is 12.7. The first-order valence-electron chi connectivity index (χ1n) is 9.02. The van der Waals surface area contributed by atoms with Crippen LogP contribution in [0, 0.1) is 5.41 Å². The summed E-state index contributed by atoms with van der Waals surface area (Å²) in [5.41, 5.74) is -2.83. The van der Waals surface area contributed by atoms with Gasteiger partial charge in [0.1, 0.15) is 11.8 Å². The third-order valence-corrected chi connectivity index (χ3v) is 5.29. The summed E-state index contributed by atoms with van der Waals surface area (Å²) in [5.74, 6) is -1.03. The Balaban J connectivity index is 1.88. The minimum Gasteiger partial charge on any atom is -0.467 e. The van der Waals surface area contributed by atoms with E-state index in [0.29, 0.717) is 0 Å². The Labute approximate surface area is 159 Å². The van der Waals surface area contributed by atoms with Crippen molar-refractivity contribution < 1.29 is 28.9 Å². The Bertz CT molecular complexity index is 715. The number of ether oxygens (including phenoxy) is 3. The second-order valence-corrected chi connectivity index (χ2v) is 8.33. The van der Waals surface area contributed by atoms with Gasteiger partial charge in [0, 0.05) is 5.41 Å². The van der Waals surface area contributed by atoms with E-state index in [9.17, 15) is 14.7 Å². The molecule has 0 aromatic heterocycles. The molecule has 2 aliphatic heterocycles. The number of methoxy groups -OCH3 is 1. The van der Waals surface area contributed by atoms with Crippen LogP contribution in [0.4, 0.5) is 0 Å². The monoisotopic (exact) mass is 377 g/mol. The van der Waals surface area contributed by atoms with Crippen LogP contribution in [0.15, 0.2) is 30.3 Å². The van der Waals surface area contributed by atoms with Crippen molar-refractivity contribution in [3.63, 3.8) is 0 Å². The fourth-order valence-electron chi connectivity index (χ4n) is 3.96. The molecule has 2 saturated heterocycles. The van der Waals surface area contributed by atoms with Crippen LogP contribution in [-0.4, -0.2) is 59.6 Å². The number of amides is 1. The van der Waals surface area contributed by atoms with Crippen molar-refractivity contribution in [1.82, 2.24) is 4.90 Å². The molecule has 2 fully saturated rings. The van der Waals surface area contributed by atoms with Gasteiger partial charge in [-0.15, -0.1) is 0 Å². The molecule has 0 radical (unpaired) electrons. The number of esters is 1. The average Bonchev–Trinajstić information content (AvgIpc) is 3.12. The second kappa shape index (κ2) is 6.89. The lowest BCUT2D eigenvalue weighted by Crippen LogP contribution is -2.66. The highest BCUT2D eigenvalue weighted by Crippen LogP contribution is 2.49. The van der Waals surface area contributed by atoms with E-state index in [1.807, 2.05) is 51.1 Å².